The van der Waals surface area contributed by atoms with Crippen LogP contribution in [0.2, 0.25) is 0 Å². The molecule has 0 unspecified atom stereocenters. The number of fused-ring (bicyclic) bond motifs is 1. The van der Waals surface area contributed by atoms with Gasteiger partial charge in [-0.15, -0.1) is 0 Å². The summed E-state index contributed by atoms with van der Waals surface area (Å²) in [6, 6.07) is 18.5. The van der Waals surface area contributed by atoms with Gasteiger partial charge in [-0.05, 0) is 71.2 Å². The number of hydrogen-bond acceptors (Lipinski definition) is 6. The van der Waals surface area contributed by atoms with Gasteiger partial charge in [-0.1, -0.05) is 69.7 Å². The largest absolute Gasteiger partial charge is 0.487 e. The zero-order valence-corrected chi connectivity index (χ0v) is 25.5. The summed E-state index contributed by atoms with van der Waals surface area (Å²) in [6.07, 6.45) is 1.75. The summed E-state index contributed by atoms with van der Waals surface area (Å²) in [5.41, 5.74) is 2.61. The fourth-order valence-corrected chi connectivity index (χ4v) is 6.87. The van der Waals surface area contributed by atoms with Crippen molar-refractivity contribution in [3.8, 4) is 5.75 Å². The summed E-state index contributed by atoms with van der Waals surface area (Å²) in [5.74, 6) is -0.408. The summed E-state index contributed by atoms with van der Waals surface area (Å²) in [5, 5.41) is 0. The molecule has 0 aliphatic carbocycles. The molecule has 5 rings (SSSR count). The second-order valence-corrected chi connectivity index (χ2v) is 11.7. The quantitative estimate of drug-likeness (QED) is 0.223. The van der Waals surface area contributed by atoms with Crippen LogP contribution in [-0.2, 0) is 16.1 Å². The minimum absolute atomic E-state index is 0.166. The number of nitrogens with zero attached hydrogens (tertiary/aromatic N) is 2. The molecule has 0 bridgehead atoms. The van der Waals surface area contributed by atoms with Crippen LogP contribution in [0.1, 0.15) is 36.6 Å². The van der Waals surface area contributed by atoms with E-state index in [1.165, 1.54) is 28.0 Å². The van der Waals surface area contributed by atoms with E-state index in [2.05, 4.69) is 36.9 Å². The number of carbonyl (C=O) groups is 1. The number of esters is 1. The van der Waals surface area contributed by atoms with Crippen molar-refractivity contribution in [2.75, 3.05) is 6.61 Å². The number of benzene rings is 3. The van der Waals surface area contributed by atoms with E-state index in [1.54, 1.807) is 32.1 Å². The fraction of sp³-hybridized carbons (Fsp3) is 0.167. The summed E-state index contributed by atoms with van der Waals surface area (Å²) in [7, 11) is 0. The Morgan fingerprint density at radius 2 is 1.85 bits per heavy atom. The van der Waals surface area contributed by atoms with Crippen molar-refractivity contribution in [3.05, 3.63) is 129 Å². The second-order valence-electron chi connectivity index (χ2n) is 8.93. The fourth-order valence-electron chi connectivity index (χ4n) is 4.46. The molecule has 1 aliphatic heterocycles. The molecule has 0 radical (unpaired) electrons. The van der Waals surface area contributed by atoms with Gasteiger partial charge in [0.05, 0.1) is 32.9 Å². The topological polar surface area (TPSA) is 69.9 Å². The molecule has 6 nitrogen and oxygen atoms in total. The molecular formula is C30H23Br2FN2O4S. The number of ether oxygens (including phenoxy) is 2. The average molecular weight is 686 g/mol. The van der Waals surface area contributed by atoms with Crippen LogP contribution in [0.3, 0.4) is 0 Å². The molecule has 204 valence electrons. The van der Waals surface area contributed by atoms with Crippen LogP contribution in [-0.4, -0.2) is 17.1 Å². The van der Waals surface area contributed by atoms with E-state index < -0.39 is 17.8 Å². The van der Waals surface area contributed by atoms with E-state index in [1.807, 2.05) is 42.5 Å². The van der Waals surface area contributed by atoms with Crippen LogP contribution >= 0.6 is 43.2 Å². The van der Waals surface area contributed by atoms with Crippen molar-refractivity contribution < 1.29 is 18.7 Å². The third kappa shape index (κ3) is 5.75. The number of halogens is 3. The molecule has 0 fully saturated rings. The van der Waals surface area contributed by atoms with Gasteiger partial charge in [0.2, 0.25) is 0 Å². The highest BCUT2D eigenvalue weighted by Crippen LogP contribution is 2.34. The van der Waals surface area contributed by atoms with Gasteiger partial charge < -0.3 is 9.47 Å². The molecule has 0 saturated heterocycles. The lowest BCUT2D eigenvalue weighted by atomic mass is 9.96. The monoisotopic (exact) mass is 684 g/mol. The molecule has 1 atom stereocenters. The van der Waals surface area contributed by atoms with E-state index in [0.29, 0.717) is 38.5 Å². The molecule has 0 saturated carbocycles. The number of aromatic nitrogens is 1. The minimum Gasteiger partial charge on any atom is -0.487 e. The van der Waals surface area contributed by atoms with Gasteiger partial charge in [0.1, 0.15) is 18.2 Å². The SMILES string of the molecule is CCOC(=O)C1=C(C)N=c2s/c(=C\c3cc(Br)cc(Br)c3OCc3ccccc3)c(=O)n2[C@@H]1c1ccc(F)cc1. The number of thiazole rings is 1. The first-order valence-electron chi connectivity index (χ1n) is 12.4. The highest BCUT2D eigenvalue weighted by atomic mass is 79.9. The Morgan fingerprint density at radius 1 is 1.12 bits per heavy atom. The second kappa shape index (κ2) is 12.0. The first-order chi connectivity index (χ1) is 19.3. The molecule has 10 heteroatoms. The Balaban J connectivity index is 1.65. The van der Waals surface area contributed by atoms with Crippen LogP contribution < -0.4 is 19.6 Å². The lowest BCUT2D eigenvalue weighted by Crippen LogP contribution is -2.39. The number of hydrogen-bond donors (Lipinski definition) is 0. The van der Waals surface area contributed by atoms with Gasteiger partial charge in [0, 0.05) is 10.0 Å². The molecule has 0 N–H and O–H groups in total. The predicted octanol–water partition coefficient (Wildman–Crippen LogP) is 6.04. The van der Waals surface area contributed by atoms with Crippen LogP contribution in [0.4, 0.5) is 4.39 Å². The minimum atomic E-state index is -0.818. The van der Waals surface area contributed by atoms with E-state index in [4.69, 9.17) is 9.47 Å². The molecule has 2 heterocycles. The maximum absolute atomic E-state index is 13.9. The molecule has 0 spiro atoms. The van der Waals surface area contributed by atoms with Gasteiger partial charge >= 0.3 is 5.97 Å². The maximum Gasteiger partial charge on any atom is 0.338 e. The zero-order chi connectivity index (χ0) is 28.4. The highest BCUT2D eigenvalue weighted by Gasteiger charge is 2.33. The van der Waals surface area contributed by atoms with Crippen LogP contribution in [0.15, 0.2) is 96.7 Å². The average Bonchev–Trinajstić information content (AvgIpc) is 3.22. The van der Waals surface area contributed by atoms with Crippen molar-refractivity contribution in [3.63, 3.8) is 0 Å². The van der Waals surface area contributed by atoms with Crippen molar-refractivity contribution in [1.29, 1.82) is 0 Å². The standard InChI is InChI=1S/C30H23Br2FN2O4S/c1-3-38-29(37)25-17(2)34-30-35(26(25)19-9-11-22(33)12-10-19)28(36)24(40-30)14-20-13-21(31)15-23(32)27(20)39-16-18-7-5-4-6-8-18/h4-15,26H,3,16H2,1-2H3/b24-14-/t26-/m1/s1. The maximum atomic E-state index is 13.9. The molecular weight excluding hydrogens is 663 g/mol. The van der Waals surface area contributed by atoms with Crippen molar-refractivity contribution in [1.82, 2.24) is 4.57 Å². The third-order valence-corrected chi connectivity index (χ3v) is 8.28. The number of rotatable bonds is 7. The molecule has 40 heavy (non-hydrogen) atoms. The van der Waals surface area contributed by atoms with Crippen LogP contribution in [0.25, 0.3) is 6.08 Å². The smallest absolute Gasteiger partial charge is 0.338 e. The third-order valence-electron chi connectivity index (χ3n) is 6.25. The molecule has 3 aromatic carbocycles. The molecule has 0 amide bonds. The van der Waals surface area contributed by atoms with E-state index in [0.717, 1.165) is 14.5 Å². The molecule has 1 aromatic heterocycles. The lowest BCUT2D eigenvalue weighted by molar-refractivity contribution is -0.139. The van der Waals surface area contributed by atoms with Crippen LogP contribution in [0, 0.1) is 5.82 Å². The van der Waals surface area contributed by atoms with E-state index >= 15 is 0 Å². The zero-order valence-electron chi connectivity index (χ0n) is 21.5. The van der Waals surface area contributed by atoms with Crippen LogP contribution in [0.5, 0.6) is 5.75 Å². The summed E-state index contributed by atoms with van der Waals surface area (Å²) in [6.45, 7) is 3.93. The first-order valence-corrected chi connectivity index (χ1v) is 14.8. The Hall–Kier alpha value is -3.34. The van der Waals surface area contributed by atoms with Crippen molar-refractivity contribution >= 4 is 55.2 Å². The first kappa shape index (κ1) is 28.2. The molecule has 1 aliphatic rings. The summed E-state index contributed by atoms with van der Waals surface area (Å²) in [4.78, 5) is 32.0. The van der Waals surface area contributed by atoms with E-state index in [-0.39, 0.29) is 17.7 Å². The van der Waals surface area contributed by atoms with Crippen molar-refractivity contribution in [2.45, 2.75) is 26.5 Å². The Kier molecular flexibility index (Phi) is 8.48. The number of carbonyl (C=O) groups excluding carboxylic acids is 1. The van der Waals surface area contributed by atoms with Gasteiger partial charge in [-0.3, -0.25) is 9.36 Å². The van der Waals surface area contributed by atoms with Crippen molar-refractivity contribution in [2.24, 2.45) is 4.99 Å². The van der Waals surface area contributed by atoms with Gasteiger partial charge in [0.25, 0.3) is 5.56 Å². The lowest BCUT2D eigenvalue weighted by Gasteiger charge is -2.24. The van der Waals surface area contributed by atoms with Gasteiger partial charge in [-0.2, -0.15) is 0 Å². The van der Waals surface area contributed by atoms with Gasteiger partial charge in [0.15, 0.2) is 4.80 Å². The Morgan fingerprint density at radius 3 is 2.55 bits per heavy atom. The predicted molar refractivity (Wildman–Crippen MR) is 159 cm³/mol. The summed E-state index contributed by atoms with van der Waals surface area (Å²) < 4.78 is 28.7. The normalized spacial score (nSPS) is 15.0. The highest BCUT2D eigenvalue weighted by molar-refractivity contribution is 9.11. The number of allylic oxidation sites excluding steroid dienone is 1. The Bertz CT molecular complexity index is 1800. The van der Waals surface area contributed by atoms with E-state index in [9.17, 15) is 14.0 Å². The Labute approximate surface area is 250 Å². The van der Waals surface area contributed by atoms with Gasteiger partial charge in [-0.25, -0.2) is 14.2 Å². The summed E-state index contributed by atoms with van der Waals surface area (Å²) >= 11 is 8.33. The molecule has 4 aromatic rings.